The molecule has 3 rings (SSSR count). The largest absolute Gasteiger partial charge is 0.356 e. The smallest absolute Gasteiger partial charge is 0.202 e. The number of aromatic nitrogens is 2. The molecular formula is C12H11F2N3S. The fraction of sp³-hybridized carbons (Fsp3) is 0.333. The number of rotatable bonds is 4. The van der Waals surface area contributed by atoms with Crippen LogP contribution in [0, 0.1) is 11.6 Å². The summed E-state index contributed by atoms with van der Waals surface area (Å²) in [4.78, 5) is 4.33. The first kappa shape index (κ1) is 11.5. The Bertz CT molecular complexity index is 566. The van der Waals surface area contributed by atoms with Crippen molar-refractivity contribution in [3.8, 4) is 0 Å². The second kappa shape index (κ2) is 4.61. The van der Waals surface area contributed by atoms with Crippen molar-refractivity contribution in [1.82, 2.24) is 9.36 Å². The summed E-state index contributed by atoms with van der Waals surface area (Å²) in [5.41, 5.74) is 0.416. The molecule has 0 unspecified atom stereocenters. The Hall–Kier alpha value is -1.56. The average Bonchev–Trinajstić information content (AvgIpc) is 3.08. The molecule has 18 heavy (non-hydrogen) atoms. The van der Waals surface area contributed by atoms with Gasteiger partial charge in [0.1, 0.15) is 17.5 Å². The Morgan fingerprint density at radius 2 is 2.17 bits per heavy atom. The number of anilines is 1. The Morgan fingerprint density at radius 1 is 1.33 bits per heavy atom. The monoisotopic (exact) mass is 267 g/mol. The maximum Gasteiger partial charge on any atom is 0.202 e. The topological polar surface area (TPSA) is 37.8 Å². The summed E-state index contributed by atoms with van der Waals surface area (Å²) in [6, 6.07) is 3.56. The summed E-state index contributed by atoms with van der Waals surface area (Å²) in [5, 5.41) is 3.69. The Kier molecular flexibility index (Phi) is 2.95. The van der Waals surface area contributed by atoms with Crippen molar-refractivity contribution in [3.63, 3.8) is 0 Å². The quantitative estimate of drug-likeness (QED) is 0.923. The summed E-state index contributed by atoms with van der Waals surface area (Å²) in [6.07, 6.45) is 2.31. The molecular weight excluding hydrogens is 256 g/mol. The van der Waals surface area contributed by atoms with Crippen LogP contribution in [0.1, 0.15) is 30.1 Å². The van der Waals surface area contributed by atoms with Gasteiger partial charge in [0, 0.05) is 35.6 Å². The first-order valence-corrected chi connectivity index (χ1v) is 6.51. The van der Waals surface area contributed by atoms with E-state index in [1.54, 1.807) is 0 Å². The van der Waals surface area contributed by atoms with E-state index in [1.807, 2.05) is 0 Å². The lowest BCUT2D eigenvalue weighted by Crippen LogP contribution is -2.02. The lowest BCUT2D eigenvalue weighted by molar-refractivity contribution is 0.574. The van der Waals surface area contributed by atoms with E-state index in [9.17, 15) is 8.78 Å². The molecule has 1 fully saturated rings. The van der Waals surface area contributed by atoms with E-state index < -0.39 is 11.6 Å². The van der Waals surface area contributed by atoms with Crippen LogP contribution in [0.2, 0.25) is 0 Å². The highest BCUT2D eigenvalue weighted by Gasteiger charge is 2.27. The number of hydrogen-bond donors (Lipinski definition) is 1. The second-order valence-corrected chi connectivity index (χ2v) is 5.07. The van der Waals surface area contributed by atoms with Crippen LogP contribution in [0.3, 0.4) is 0 Å². The van der Waals surface area contributed by atoms with Crippen LogP contribution >= 0.6 is 11.5 Å². The van der Waals surface area contributed by atoms with Crippen molar-refractivity contribution in [1.29, 1.82) is 0 Å². The minimum absolute atomic E-state index is 0.283. The van der Waals surface area contributed by atoms with Gasteiger partial charge in [-0.25, -0.2) is 13.8 Å². The summed E-state index contributed by atoms with van der Waals surface area (Å²) in [6.45, 7) is 0.283. The fourth-order valence-electron chi connectivity index (χ4n) is 1.65. The van der Waals surface area contributed by atoms with Crippen molar-refractivity contribution < 1.29 is 8.78 Å². The average molecular weight is 267 g/mol. The van der Waals surface area contributed by atoms with Gasteiger partial charge in [0.15, 0.2) is 0 Å². The summed E-state index contributed by atoms with van der Waals surface area (Å²) < 4.78 is 30.4. The Labute approximate surface area is 107 Å². The van der Waals surface area contributed by atoms with Gasteiger partial charge in [0.2, 0.25) is 5.13 Å². The van der Waals surface area contributed by atoms with E-state index >= 15 is 0 Å². The van der Waals surface area contributed by atoms with Crippen molar-refractivity contribution in [2.45, 2.75) is 25.3 Å². The third-order valence-corrected chi connectivity index (χ3v) is 3.52. The molecule has 1 N–H and O–H groups in total. The van der Waals surface area contributed by atoms with Gasteiger partial charge in [-0.05, 0) is 18.9 Å². The molecule has 1 saturated carbocycles. The molecule has 94 valence electrons. The predicted molar refractivity (Wildman–Crippen MR) is 65.6 cm³/mol. The molecule has 6 heteroatoms. The molecule has 1 aromatic carbocycles. The highest BCUT2D eigenvalue weighted by atomic mass is 32.1. The molecule has 2 aromatic rings. The van der Waals surface area contributed by atoms with E-state index in [-0.39, 0.29) is 6.54 Å². The van der Waals surface area contributed by atoms with E-state index in [2.05, 4.69) is 14.7 Å². The second-order valence-electron chi connectivity index (χ2n) is 4.32. The molecule has 0 saturated heterocycles. The number of hydrogen-bond acceptors (Lipinski definition) is 4. The zero-order chi connectivity index (χ0) is 12.5. The minimum Gasteiger partial charge on any atom is -0.356 e. The standard InChI is InChI=1S/C12H11F2N3S/c13-9-4-3-8(10(14)5-9)6-15-12-16-11(17-18-12)7-1-2-7/h3-5,7H,1-2,6H2,(H,15,16,17). The Balaban J connectivity index is 1.65. The lowest BCUT2D eigenvalue weighted by atomic mass is 10.2. The molecule has 0 aliphatic heterocycles. The number of nitrogens with zero attached hydrogens (tertiary/aromatic N) is 2. The number of nitrogens with one attached hydrogen (secondary N) is 1. The van der Waals surface area contributed by atoms with E-state index in [0.717, 1.165) is 24.7 Å². The third kappa shape index (κ3) is 2.48. The normalized spacial score (nSPS) is 14.8. The maximum atomic E-state index is 13.4. The zero-order valence-corrected chi connectivity index (χ0v) is 10.3. The highest BCUT2D eigenvalue weighted by Crippen LogP contribution is 2.39. The molecule has 1 aromatic heterocycles. The predicted octanol–water partition coefficient (Wildman–Crippen LogP) is 3.31. The van der Waals surface area contributed by atoms with Crippen LogP contribution in [0.5, 0.6) is 0 Å². The van der Waals surface area contributed by atoms with Gasteiger partial charge < -0.3 is 5.32 Å². The van der Waals surface area contributed by atoms with Crippen LogP contribution in [0.15, 0.2) is 18.2 Å². The van der Waals surface area contributed by atoms with Gasteiger partial charge in [0.25, 0.3) is 0 Å². The van der Waals surface area contributed by atoms with Gasteiger partial charge >= 0.3 is 0 Å². The molecule has 0 atom stereocenters. The summed E-state index contributed by atoms with van der Waals surface area (Å²) >= 11 is 1.28. The number of halogens is 2. The lowest BCUT2D eigenvalue weighted by Gasteiger charge is -2.03. The first-order valence-electron chi connectivity index (χ1n) is 5.74. The highest BCUT2D eigenvalue weighted by molar-refractivity contribution is 7.09. The van der Waals surface area contributed by atoms with Gasteiger partial charge in [-0.3, -0.25) is 0 Å². The van der Waals surface area contributed by atoms with Crippen molar-refractivity contribution >= 4 is 16.7 Å². The first-order chi connectivity index (χ1) is 8.72. The number of benzene rings is 1. The van der Waals surface area contributed by atoms with Crippen LogP contribution in [-0.4, -0.2) is 9.36 Å². The van der Waals surface area contributed by atoms with Gasteiger partial charge in [-0.15, -0.1) is 0 Å². The molecule has 3 nitrogen and oxygen atoms in total. The third-order valence-electron chi connectivity index (χ3n) is 2.83. The molecule has 0 spiro atoms. The van der Waals surface area contributed by atoms with Crippen molar-refractivity contribution in [2.24, 2.45) is 0 Å². The minimum atomic E-state index is -0.566. The molecule has 0 bridgehead atoms. The van der Waals surface area contributed by atoms with Crippen LogP contribution in [0.25, 0.3) is 0 Å². The molecule has 1 heterocycles. The van der Waals surface area contributed by atoms with E-state index in [1.165, 1.54) is 23.7 Å². The summed E-state index contributed by atoms with van der Waals surface area (Å²) in [7, 11) is 0. The van der Waals surface area contributed by atoms with Gasteiger partial charge in [0.05, 0.1) is 0 Å². The van der Waals surface area contributed by atoms with E-state index in [0.29, 0.717) is 16.6 Å². The Morgan fingerprint density at radius 3 is 2.89 bits per heavy atom. The van der Waals surface area contributed by atoms with E-state index in [4.69, 9.17) is 0 Å². The molecule has 0 radical (unpaired) electrons. The molecule has 1 aliphatic rings. The van der Waals surface area contributed by atoms with Gasteiger partial charge in [-0.2, -0.15) is 4.37 Å². The van der Waals surface area contributed by atoms with Crippen molar-refractivity contribution in [3.05, 3.63) is 41.2 Å². The fourth-order valence-corrected chi connectivity index (χ4v) is 2.29. The van der Waals surface area contributed by atoms with Crippen LogP contribution in [-0.2, 0) is 6.54 Å². The zero-order valence-electron chi connectivity index (χ0n) is 9.49. The SMILES string of the molecule is Fc1ccc(CNc2nc(C3CC3)ns2)c(F)c1. The molecule has 1 aliphatic carbocycles. The maximum absolute atomic E-state index is 13.4. The van der Waals surface area contributed by atoms with Crippen molar-refractivity contribution in [2.75, 3.05) is 5.32 Å². The van der Waals surface area contributed by atoms with Crippen LogP contribution < -0.4 is 5.32 Å². The summed E-state index contributed by atoms with van der Waals surface area (Å²) in [5.74, 6) is 0.277. The molecule has 0 amide bonds. The van der Waals surface area contributed by atoms with Crippen LogP contribution in [0.4, 0.5) is 13.9 Å². The van der Waals surface area contributed by atoms with Gasteiger partial charge in [-0.1, -0.05) is 6.07 Å².